The number of nitrogens with zero attached hydrogens (tertiary/aromatic N) is 3. The molecule has 0 aromatic carbocycles. The molecule has 7 heteroatoms. The first-order valence-electron chi connectivity index (χ1n) is 5.89. The van der Waals surface area contributed by atoms with Gasteiger partial charge in [-0.1, -0.05) is 5.21 Å². The maximum atomic E-state index is 11.0. The summed E-state index contributed by atoms with van der Waals surface area (Å²) in [4.78, 5) is 11.0. The van der Waals surface area contributed by atoms with Crippen LogP contribution in [0.1, 0.15) is 42.6 Å². The summed E-state index contributed by atoms with van der Waals surface area (Å²) >= 11 is 0. The van der Waals surface area contributed by atoms with Crippen LogP contribution in [0.4, 0.5) is 0 Å². The molecule has 0 spiro atoms. The molecule has 0 amide bonds. The largest absolute Gasteiger partial charge is 0.476 e. The van der Waals surface area contributed by atoms with Gasteiger partial charge in [-0.3, -0.25) is 0 Å². The van der Waals surface area contributed by atoms with Crippen molar-refractivity contribution >= 4 is 5.97 Å². The van der Waals surface area contributed by atoms with Gasteiger partial charge >= 0.3 is 5.97 Å². The van der Waals surface area contributed by atoms with Gasteiger partial charge < -0.3 is 14.6 Å². The summed E-state index contributed by atoms with van der Waals surface area (Å²) in [5.74, 6) is -1.09. The van der Waals surface area contributed by atoms with Crippen molar-refractivity contribution in [3.05, 3.63) is 11.4 Å². The third-order valence-electron chi connectivity index (χ3n) is 2.58. The second kappa shape index (κ2) is 7.07. The number of ether oxygens (including phenoxy) is 2. The molecule has 1 N–H and O–H groups in total. The molecule has 1 rings (SSSR count). The zero-order chi connectivity index (χ0) is 13.5. The molecule has 1 atom stereocenters. The van der Waals surface area contributed by atoms with E-state index in [0.717, 1.165) is 6.42 Å². The quantitative estimate of drug-likeness (QED) is 0.702. The minimum atomic E-state index is -1.09. The van der Waals surface area contributed by atoms with Crippen LogP contribution < -0.4 is 0 Å². The lowest BCUT2D eigenvalue weighted by atomic mass is 10.2. The minimum Gasteiger partial charge on any atom is -0.476 e. The van der Waals surface area contributed by atoms with Gasteiger partial charge in [0, 0.05) is 26.9 Å². The number of methoxy groups -OCH3 is 1. The summed E-state index contributed by atoms with van der Waals surface area (Å²) in [5, 5.41) is 16.6. The van der Waals surface area contributed by atoms with Crippen LogP contribution in [0.5, 0.6) is 0 Å². The first-order chi connectivity index (χ1) is 8.61. The zero-order valence-electron chi connectivity index (χ0n) is 10.9. The SMILES string of the molecule is CCOCCCn1nnc(C(=O)O)c1C(C)OC. The lowest BCUT2D eigenvalue weighted by Crippen LogP contribution is -2.13. The number of carbonyl (C=O) groups is 1. The molecule has 7 nitrogen and oxygen atoms in total. The number of aromatic carboxylic acids is 1. The fraction of sp³-hybridized carbons (Fsp3) is 0.727. The van der Waals surface area contributed by atoms with Crippen molar-refractivity contribution in [2.24, 2.45) is 0 Å². The monoisotopic (exact) mass is 257 g/mol. The summed E-state index contributed by atoms with van der Waals surface area (Å²) in [6.45, 7) is 5.53. The number of carboxylic acids is 1. The number of hydrogen-bond donors (Lipinski definition) is 1. The molecule has 102 valence electrons. The summed E-state index contributed by atoms with van der Waals surface area (Å²) in [6.07, 6.45) is 0.387. The smallest absolute Gasteiger partial charge is 0.358 e. The molecule has 0 fully saturated rings. The molecule has 1 aromatic rings. The molecule has 1 aromatic heterocycles. The molecule has 1 unspecified atom stereocenters. The van der Waals surface area contributed by atoms with E-state index in [4.69, 9.17) is 14.6 Å². The Morgan fingerprint density at radius 1 is 1.56 bits per heavy atom. The Balaban J connectivity index is 2.80. The Labute approximate surface area is 106 Å². The lowest BCUT2D eigenvalue weighted by Gasteiger charge is -2.12. The first kappa shape index (κ1) is 14.6. The van der Waals surface area contributed by atoms with Crippen molar-refractivity contribution in [2.45, 2.75) is 32.9 Å². The Hall–Kier alpha value is -1.47. The predicted octanol–water partition coefficient (Wildman–Crippen LogP) is 1.11. The van der Waals surface area contributed by atoms with Gasteiger partial charge in [-0.15, -0.1) is 5.10 Å². The maximum absolute atomic E-state index is 11.0. The van der Waals surface area contributed by atoms with E-state index in [0.29, 0.717) is 25.5 Å². The Bertz CT molecular complexity index is 392. The third kappa shape index (κ3) is 3.51. The highest BCUT2D eigenvalue weighted by Crippen LogP contribution is 2.19. The van der Waals surface area contributed by atoms with Crippen LogP contribution in [0.25, 0.3) is 0 Å². The second-order valence-corrected chi connectivity index (χ2v) is 3.78. The summed E-state index contributed by atoms with van der Waals surface area (Å²) < 4.78 is 12.0. The van der Waals surface area contributed by atoms with Crippen molar-refractivity contribution in [1.82, 2.24) is 15.0 Å². The van der Waals surface area contributed by atoms with Crippen molar-refractivity contribution in [1.29, 1.82) is 0 Å². The zero-order valence-corrected chi connectivity index (χ0v) is 10.9. The van der Waals surface area contributed by atoms with Crippen molar-refractivity contribution in [3.63, 3.8) is 0 Å². The molecule has 18 heavy (non-hydrogen) atoms. The fourth-order valence-corrected chi connectivity index (χ4v) is 1.61. The Morgan fingerprint density at radius 2 is 2.28 bits per heavy atom. The van der Waals surface area contributed by atoms with E-state index in [9.17, 15) is 4.79 Å². The molecule has 0 aliphatic carbocycles. The highest BCUT2D eigenvalue weighted by Gasteiger charge is 2.23. The van der Waals surface area contributed by atoms with Crippen LogP contribution in [-0.4, -0.2) is 46.4 Å². The lowest BCUT2D eigenvalue weighted by molar-refractivity contribution is 0.0673. The average Bonchev–Trinajstić information content (AvgIpc) is 2.77. The molecule has 0 saturated heterocycles. The van der Waals surface area contributed by atoms with E-state index < -0.39 is 5.97 Å². The standard InChI is InChI=1S/C11H19N3O4/c1-4-18-7-5-6-14-10(8(2)17-3)9(11(15)16)12-13-14/h8H,4-7H2,1-3H3,(H,15,16). The maximum Gasteiger partial charge on any atom is 0.358 e. The first-order valence-corrected chi connectivity index (χ1v) is 5.89. The van der Waals surface area contributed by atoms with Gasteiger partial charge in [-0.2, -0.15) is 0 Å². The molecule has 0 bridgehead atoms. The van der Waals surface area contributed by atoms with Gasteiger partial charge in [0.2, 0.25) is 0 Å². The number of rotatable bonds is 8. The summed E-state index contributed by atoms with van der Waals surface area (Å²) in [6, 6.07) is 0. The van der Waals surface area contributed by atoms with E-state index in [1.54, 1.807) is 11.6 Å². The van der Waals surface area contributed by atoms with Crippen molar-refractivity contribution in [2.75, 3.05) is 20.3 Å². The van der Waals surface area contributed by atoms with Crippen molar-refractivity contribution < 1.29 is 19.4 Å². The third-order valence-corrected chi connectivity index (χ3v) is 2.58. The van der Waals surface area contributed by atoms with Gasteiger partial charge in [0.05, 0.1) is 6.10 Å². The van der Waals surface area contributed by atoms with E-state index in [-0.39, 0.29) is 11.8 Å². The van der Waals surface area contributed by atoms with E-state index in [1.165, 1.54) is 7.11 Å². The molecular weight excluding hydrogens is 238 g/mol. The molecule has 1 heterocycles. The number of aromatic nitrogens is 3. The van der Waals surface area contributed by atoms with Gasteiger partial charge in [-0.05, 0) is 20.3 Å². The van der Waals surface area contributed by atoms with Crippen LogP contribution in [-0.2, 0) is 16.0 Å². The summed E-state index contributed by atoms with van der Waals surface area (Å²) in [5.41, 5.74) is 0.433. The molecule has 0 saturated carbocycles. The molecular formula is C11H19N3O4. The van der Waals surface area contributed by atoms with Gasteiger partial charge in [0.1, 0.15) is 5.69 Å². The average molecular weight is 257 g/mol. The number of aryl methyl sites for hydroxylation is 1. The van der Waals surface area contributed by atoms with Crippen LogP contribution >= 0.6 is 0 Å². The molecule has 0 aliphatic heterocycles. The molecule has 0 radical (unpaired) electrons. The van der Waals surface area contributed by atoms with Crippen LogP contribution in [0, 0.1) is 0 Å². The topological polar surface area (TPSA) is 86.5 Å². The highest BCUT2D eigenvalue weighted by atomic mass is 16.5. The van der Waals surface area contributed by atoms with Crippen LogP contribution in [0.3, 0.4) is 0 Å². The summed E-state index contributed by atoms with van der Waals surface area (Å²) in [7, 11) is 1.52. The number of hydrogen-bond acceptors (Lipinski definition) is 5. The minimum absolute atomic E-state index is 0.0549. The van der Waals surface area contributed by atoms with E-state index in [1.807, 2.05) is 6.92 Å². The van der Waals surface area contributed by atoms with Gasteiger partial charge in [0.15, 0.2) is 5.69 Å². The fourth-order valence-electron chi connectivity index (χ4n) is 1.61. The van der Waals surface area contributed by atoms with E-state index in [2.05, 4.69) is 10.3 Å². The van der Waals surface area contributed by atoms with Gasteiger partial charge in [-0.25, -0.2) is 9.48 Å². The second-order valence-electron chi connectivity index (χ2n) is 3.78. The Morgan fingerprint density at radius 3 is 2.83 bits per heavy atom. The predicted molar refractivity (Wildman–Crippen MR) is 63.5 cm³/mol. The van der Waals surface area contributed by atoms with Gasteiger partial charge in [0.25, 0.3) is 0 Å². The van der Waals surface area contributed by atoms with Crippen LogP contribution in [0.15, 0.2) is 0 Å². The number of carboxylic acid groups (broad SMARTS) is 1. The highest BCUT2D eigenvalue weighted by molar-refractivity contribution is 5.86. The Kier molecular flexibility index (Phi) is 5.73. The normalized spacial score (nSPS) is 12.6. The van der Waals surface area contributed by atoms with Crippen LogP contribution in [0.2, 0.25) is 0 Å². The molecule has 0 aliphatic rings. The van der Waals surface area contributed by atoms with Crippen molar-refractivity contribution in [3.8, 4) is 0 Å². The van der Waals surface area contributed by atoms with E-state index >= 15 is 0 Å².